The second kappa shape index (κ2) is 9.44. The average Bonchev–Trinajstić information content (AvgIpc) is 3.48. The molecule has 182 valence electrons. The van der Waals surface area contributed by atoms with Crippen LogP contribution in [0.2, 0.25) is 0 Å². The summed E-state index contributed by atoms with van der Waals surface area (Å²) in [6.07, 6.45) is 1.79. The van der Waals surface area contributed by atoms with Crippen molar-refractivity contribution in [2.24, 2.45) is 0 Å². The molecule has 0 radical (unpaired) electrons. The molecule has 11 heteroatoms. The lowest BCUT2D eigenvalue weighted by atomic mass is 10.2. The summed E-state index contributed by atoms with van der Waals surface area (Å²) < 4.78 is 34.3. The number of fused-ring (bicyclic) bond motifs is 1. The van der Waals surface area contributed by atoms with E-state index < -0.39 is 15.9 Å². The molecule has 0 aliphatic heterocycles. The molecule has 0 atom stereocenters. The van der Waals surface area contributed by atoms with E-state index in [1.54, 1.807) is 41.0 Å². The highest BCUT2D eigenvalue weighted by Gasteiger charge is 2.23. The molecule has 1 amide bonds. The Kier molecular flexibility index (Phi) is 6.17. The largest absolute Gasteiger partial charge is 0.497 e. The van der Waals surface area contributed by atoms with Crippen molar-refractivity contribution in [3.8, 4) is 17.0 Å². The molecule has 5 aromatic rings. The Labute approximate surface area is 211 Å². The normalized spacial score (nSPS) is 11.4. The predicted molar refractivity (Wildman–Crippen MR) is 139 cm³/mol. The summed E-state index contributed by atoms with van der Waals surface area (Å²) in [4.78, 5) is 18.1. The molecule has 0 saturated heterocycles. The van der Waals surface area contributed by atoms with Gasteiger partial charge in [0.2, 0.25) is 10.1 Å². The molecule has 36 heavy (non-hydrogen) atoms. The van der Waals surface area contributed by atoms with Gasteiger partial charge >= 0.3 is 0 Å². The third kappa shape index (κ3) is 4.53. The van der Waals surface area contributed by atoms with Gasteiger partial charge < -0.3 is 4.74 Å². The summed E-state index contributed by atoms with van der Waals surface area (Å²) >= 11 is 1.22. The molecule has 1 N–H and O–H groups in total. The van der Waals surface area contributed by atoms with Gasteiger partial charge in [0.1, 0.15) is 5.75 Å². The number of rotatable bonds is 7. The summed E-state index contributed by atoms with van der Waals surface area (Å²) in [7, 11) is -0.901. The van der Waals surface area contributed by atoms with Gasteiger partial charge in [-0.05, 0) is 42.5 Å². The number of ether oxygens (including phenoxy) is 1. The predicted octanol–water partition coefficient (Wildman–Crippen LogP) is 4.54. The maximum atomic E-state index is 13.2. The zero-order valence-corrected chi connectivity index (χ0v) is 21.0. The Morgan fingerprint density at radius 1 is 1.03 bits per heavy atom. The minimum Gasteiger partial charge on any atom is -0.497 e. The lowest BCUT2D eigenvalue weighted by Crippen LogP contribution is -2.26. The summed E-state index contributed by atoms with van der Waals surface area (Å²) in [5.74, 6) is 0.147. The first kappa shape index (κ1) is 23.5. The van der Waals surface area contributed by atoms with E-state index in [0.29, 0.717) is 21.5 Å². The van der Waals surface area contributed by atoms with Crippen LogP contribution in [0.4, 0.5) is 10.8 Å². The number of amides is 1. The molecule has 2 aromatic heterocycles. The quantitative estimate of drug-likeness (QED) is 0.338. The van der Waals surface area contributed by atoms with Crippen LogP contribution in [0.5, 0.6) is 5.75 Å². The monoisotopic (exact) mass is 519 g/mol. The first-order valence-electron chi connectivity index (χ1n) is 10.8. The van der Waals surface area contributed by atoms with Gasteiger partial charge in [-0.1, -0.05) is 47.7 Å². The van der Waals surface area contributed by atoms with Crippen molar-refractivity contribution < 1.29 is 17.9 Å². The Hall–Kier alpha value is -4.22. The van der Waals surface area contributed by atoms with Crippen LogP contribution in [-0.2, 0) is 10.0 Å². The van der Waals surface area contributed by atoms with E-state index in [1.165, 1.54) is 43.7 Å². The topological polar surface area (TPSA) is 106 Å². The van der Waals surface area contributed by atoms with Gasteiger partial charge in [0.15, 0.2) is 0 Å². The molecule has 0 aliphatic carbocycles. The first-order chi connectivity index (χ1) is 17.3. The lowest BCUT2D eigenvalue weighted by molar-refractivity contribution is 0.102. The lowest BCUT2D eigenvalue weighted by Gasteiger charge is -2.20. The number of hydrogen-bond donors (Lipinski definition) is 1. The molecule has 0 aliphatic rings. The van der Waals surface area contributed by atoms with Crippen molar-refractivity contribution in [3.63, 3.8) is 0 Å². The van der Waals surface area contributed by atoms with E-state index in [2.05, 4.69) is 15.4 Å². The third-order valence-electron chi connectivity index (χ3n) is 5.52. The van der Waals surface area contributed by atoms with Crippen LogP contribution < -0.4 is 14.4 Å². The number of aromatic nitrogens is 3. The fourth-order valence-electron chi connectivity index (χ4n) is 3.55. The van der Waals surface area contributed by atoms with Crippen molar-refractivity contribution in [2.75, 3.05) is 23.8 Å². The second-order valence-corrected chi connectivity index (χ2v) is 10.7. The van der Waals surface area contributed by atoms with Gasteiger partial charge in [0.25, 0.3) is 15.9 Å². The Bertz CT molecular complexity index is 1610. The fraction of sp³-hybridized carbons (Fsp3) is 0.0800. The average molecular weight is 520 g/mol. The highest BCUT2D eigenvalue weighted by atomic mass is 32.2. The maximum absolute atomic E-state index is 13.2. The Morgan fingerprint density at radius 2 is 1.78 bits per heavy atom. The van der Waals surface area contributed by atoms with Crippen LogP contribution in [0.15, 0.2) is 90.0 Å². The smallest absolute Gasteiger partial charge is 0.264 e. The molecular formula is C25H21N5O4S2. The third-order valence-corrected chi connectivity index (χ3v) is 8.14. The van der Waals surface area contributed by atoms with Crippen LogP contribution in [0, 0.1) is 0 Å². The minimum atomic E-state index is -3.90. The minimum absolute atomic E-state index is 0.00471. The van der Waals surface area contributed by atoms with E-state index in [4.69, 9.17) is 4.74 Å². The Morgan fingerprint density at radius 3 is 2.47 bits per heavy atom. The molecule has 3 aromatic carbocycles. The van der Waals surface area contributed by atoms with Crippen molar-refractivity contribution in [1.29, 1.82) is 0 Å². The molecule has 0 fully saturated rings. The number of carbonyl (C=O) groups excluding carboxylic acids is 1. The van der Waals surface area contributed by atoms with Gasteiger partial charge in [0.05, 0.1) is 29.6 Å². The van der Waals surface area contributed by atoms with Gasteiger partial charge in [0, 0.05) is 18.2 Å². The zero-order valence-electron chi connectivity index (χ0n) is 19.3. The molecule has 5 rings (SSSR count). The van der Waals surface area contributed by atoms with Crippen molar-refractivity contribution >= 4 is 43.0 Å². The molecular weight excluding hydrogens is 498 g/mol. The molecule has 9 nitrogen and oxygen atoms in total. The molecule has 0 saturated carbocycles. The zero-order chi connectivity index (χ0) is 25.3. The number of nitrogens with zero attached hydrogens (tertiary/aromatic N) is 4. The van der Waals surface area contributed by atoms with Crippen molar-refractivity contribution in [3.05, 3.63) is 90.6 Å². The van der Waals surface area contributed by atoms with Crippen LogP contribution in [0.25, 0.3) is 16.2 Å². The summed E-state index contributed by atoms with van der Waals surface area (Å²) in [5, 5.41) is 7.46. The molecule has 2 heterocycles. The number of imidazole rings is 1. The van der Waals surface area contributed by atoms with E-state index in [1.807, 2.05) is 30.3 Å². The maximum Gasteiger partial charge on any atom is 0.264 e. The number of nitrogens with one attached hydrogen (secondary N) is 1. The fourth-order valence-corrected chi connectivity index (χ4v) is 5.57. The van der Waals surface area contributed by atoms with Crippen molar-refractivity contribution in [2.45, 2.75) is 4.90 Å². The van der Waals surface area contributed by atoms with E-state index in [9.17, 15) is 13.2 Å². The van der Waals surface area contributed by atoms with Crippen LogP contribution in [-0.4, -0.2) is 43.1 Å². The summed E-state index contributed by atoms with van der Waals surface area (Å²) in [6, 6.07) is 22.3. The number of sulfonamides is 1. The van der Waals surface area contributed by atoms with E-state index >= 15 is 0 Å². The number of benzene rings is 3. The van der Waals surface area contributed by atoms with E-state index in [0.717, 1.165) is 15.6 Å². The summed E-state index contributed by atoms with van der Waals surface area (Å²) in [6.45, 7) is 0. The standard InChI is InChI=1S/C25H21N5O4S2/c1-29(19-11-13-20(34-2)14-12-19)36(32,33)21-10-6-9-18(15-21)23(31)27-24-28-30-16-22(26-25(30)35-24)17-7-4-3-5-8-17/h3-16H,1-2H3,(H,27,28,31). The number of methoxy groups -OCH3 is 1. The Balaban J connectivity index is 1.34. The number of carbonyl (C=O) groups is 1. The van der Waals surface area contributed by atoms with Crippen molar-refractivity contribution in [1.82, 2.24) is 14.6 Å². The van der Waals surface area contributed by atoms with E-state index in [-0.39, 0.29) is 10.5 Å². The van der Waals surface area contributed by atoms with Crippen LogP contribution in [0.3, 0.4) is 0 Å². The highest BCUT2D eigenvalue weighted by Crippen LogP contribution is 2.27. The molecule has 0 bridgehead atoms. The van der Waals surface area contributed by atoms with Crippen LogP contribution in [0.1, 0.15) is 10.4 Å². The second-order valence-electron chi connectivity index (χ2n) is 7.78. The molecule has 0 spiro atoms. The highest BCUT2D eigenvalue weighted by molar-refractivity contribution is 7.92. The van der Waals surface area contributed by atoms with Gasteiger partial charge in [-0.15, -0.1) is 5.10 Å². The van der Waals surface area contributed by atoms with Gasteiger partial charge in [-0.25, -0.2) is 17.9 Å². The van der Waals surface area contributed by atoms with Crippen LogP contribution >= 0.6 is 11.3 Å². The number of hydrogen-bond acceptors (Lipinski definition) is 7. The number of anilines is 2. The SMILES string of the molecule is COc1ccc(N(C)S(=O)(=O)c2cccc(C(=O)Nc3nn4cc(-c5ccccc5)nc4s3)c2)cc1. The first-order valence-corrected chi connectivity index (χ1v) is 13.1. The van der Waals surface area contributed by atoms with Gasteiger partial charge in [-0.2, -0.15) is 0 Å². The summed E-state index contributed by atoms with van der Waals surface area (Å²) in [5.41, 5.74) is 2.41. The van der Waals surface area contributed by atoms with Gasteiger partial charge in [-0.3, -0.25) is 14.4 Å². The molecule has 0 unspecified atom stereocenters.